The Labute approximate surface area is 172 Å². The van der Waals surface area contributed by atoms with Crippen LogP contribution in [0.25, 0.3) is 0 Å². The van der Waals surface area contributed by atoms with E-state index in [1.54, 1.807) is 0 Å². The Bertz CT molecular complexity index is 975. The lowest BCUT2D eigenvalue weighted by atomic mass is 10.1. The normalized spacial score (nSPS) is 20.1. The van der Waals surface area contributed by atoms with Gasteiger partial charge in [-0.3, -0.25) is 4.79 Å². The van der Waals surface area contributed by atoms with Crippen LogP contribution in [-0.4, -0.2) is 59.8 Å². The molecule has 3 rings (SSSR count). The zero-order chi connectivity index (χ0) is 22.1. The van der Waals surface area contributed by atoms with Gasteiger partial charge in [-0.1, -0.05) is 11.6 Å². The quantitative estimate of drug-likeness (QED) is 0.619. The van der Waals surface area contributed by atoms with Crippen molar-refractivity contribution >= 4 is 29.4 Å². The highest BCUT2D eigenvalue weighted by atomic mass is 35.5. The van der Waals surface area contributed by atoms with Gasteiger partial charge in [0.2, 0.25) is 0 Å². The average Bonchev–Trinajstić information content (AvgIpc) is 3.07. The van der Waals surface area contributed by atoms with E-state index in [0.717, 1.165) is 18.2 Å². The molecule has 1 saturated heterocycles. The van der Waals surface area contributed by atoms with Crippen molar-refractivity contribution in [1.29, 1.82) is 5.41 Å². The molecule has 0 aliphatic carbocycles. The smallest absolute Gasteiger partial charge is 0.417 e. The summed E-state index contributed by atoms with van der Waals surface area (Å²) >= 11 is 5.77. The molecule has 1 aromatic rings. The number of carbonyl (C=O) groups is 1. The number of likely N-dealkylation sites (tertiary alicyclic amines) is 1. The fraction of sp³-hybridized carbons (Fsp3) is 0.278. The topological polar surface area (TPSA) is 98.0 Å². The van der Waals surface area contributed by atoms with E-state index in [0.29, 0.717) is 16.4 Å². The Morgan fingerprint density at radius 3 is 2.77 bits per heavy atom. The third-order valence-corrected chi connectivity index (χ3v) is 4.45. The molecule has 1 fully saturated rings. The molecule has 3 N–H and O–H groups in total. The molecule has 0 aromatic heterocycles. The van der Waals surface area contributed by atoms with Gasteiger partial charge in [-0.25, -0.2) is 9.38 Å². The summed E-state index contributed by atoms with van der Waals surface area (Å²) in [6.07, 6.45) is -4.88. The van der Waals surface area contributed by atoms with Crippen LogP contribution in [0, 0.1) is 11.2 Å². The Morgan fingerprint density at radius 1 is 1.40 bits per heavy atom. The van der Waals surface area contributed by atoms with Crippen molar-refractivity contribution in [2.75, 3.05) is 19.7 Å². The predicted octanol–water partition coefficient (Wildman–Crippen LogP) is 2.57. The van der Waals surface area contributed by atoms with Crippen LogP contribution in [-0.2, 0) is 0 Å². The van der Waals surface area contributed by atoms with E-state index in [1.165, 1.54) is 17.3 Å². The molecule has 1 unspecified atom stereocenters. The van der Waals surface area contributed by atoms with Gasteiger partial charge in [0.1, 0.15) is 24.0 Å². The number of halogens is 5. The van der Waals surface area contributed by atoms with E-state index >= 15 is 0 Å². The summed E-state index contributed by atoms with van der Waals surface area (Å²) in [5.41, 5.74) is 0.330. The van der Waals surface area contributed by atoms with Crippen LogP contribution in [0.2, 0.25) is 0 Å². The number of nitrogens with zero attached hydrogens (tertiary/aromatic N) is 2. The van der Waals surface area contributed by atoms with Gasteiger partial charge >= 0.3 is 6.18 Å². The number of nitrogens with one attached hydrogen (secondary N) is 2. The maximum atomic E-state index is 13.6. The van der Waals surface area contributed by atoms with Crippen molar-refractivity contribution in [3.8, 4) is 5.75 Å². The number of amides is 1. The highest BCUT2D eigenvalue weighted by Crippen LogP contribution is 2.27. The lowest BCUT2D eigenvalue weighted by Gasteiger charge is -2.19. The predicted molar refractivity (Wildman–Crippen MR) is 100 cm³/mol. The molecule has 7 nitrogen and oxygen atoms in total. The molecule has 12 heteroatoms. The lowest BCUT2D eigenvalue weighted by molar-refractivity contribution is -0.210. The summed E-state index contributed by atoms with van der Waals surface area (Å²) in [6.45, 7) is -1.30. The van der Waals surface area contributed by atoms with E-state index in [-0.39, 0.29) is 24.4 Å². The Balaban J connectivity index is 1.80. The molecule has 0 radical (unpaired) electrons. The SMILES string of the molecule is N=C1CN(C(=O)c2ccc(F)cc2OCC(O)C(F)(F)F)C/C1=C1\N=CC(Cl)=CN1. The molecule has 1 amide bonds. The van der Waals surface area contributed by atoms with Crippen LogP contribution in [0.15, 0.2) is 45.8 Å². The Morgan fingerprint density at radius 2 is 2.13 bits per heavy atom. The molecule has 160 valence electrons. The molecule has 1 atom stereocenters. The molecule has 0 saturated carbocycles. The molecular formula is C18H15ClF4N4O3. The van der Waals surface area contributed by atoms with E-state index in [4.69, 9.17) is 26.9 Å². The number of alkyl halides is 3. The summed E-state index contributed by atoms with van der Waals surface area (Å²) in [6, 6.07) is 2.79. The van der Waals surface area contributed by atoms with Crippen molar-refractivity contribution < 1.29 is 32.2 Å². The molecule has 0 bridgehead atoms. The first-order valence-corrected chi connectivity index (χ1v) is 8.87. The summed E-state index contributed by atoms with van der Waals surface area (Å²) < 4.78 is 55.9. The lowest BCUT2D eigenvalue weighted by Crippen LogP contribution is -2.34. The average molecular weight is 447 g/mol. The second-order valence-corrected chi connectivity index (χ2v) is 6.84. The van der Waals surface area contributed by atoms with Gasteiger partial charge in [0, 0.05) is 24.1 Å². The van der Waals surface area contributed by atoms with Gasteiger partial charge < -0.3 is 25.5 Å². The number of allylic oxidation sites excluding steroid dienone is 1. The molecule has 2 aliphatic rings. The molecule has 2 heterocycles. The molecule has 1 aromatic carbocycles. The fourth-order valence-electron chi connectivity index (χ4n) is 2.72. The maximum absolute atomic E-state index is 13.6. The van der Waals surface area contributed by atoms with E-state index in [1.807, 2.05) is 0 Å². The molecule has 0 spiro atoms. The second-order valence-electron chi connectivity index (χ2n) is 6.41. The first-order valence-electron chi connectivity index (χ1n) is 8.50. The third-order valence-electron chi connectivity index (χ3n) is 4.25. The van der Waals surface area contributed by atoms with Gasteiger partial charge in [-0.2, -0.15) is 13.2 Å². The Hall–Kier alpha value is -2.92. The van der Waals surface area contributed by atoms with E-state index < -0.39 is 36.4 Å². The number of carbonyl (C=O) groups excluding carboxylic acids is 1. The van der Waals surface area contributed by atoms with Gasteiger partial charge in [-0.15, -0.1) is 0 Å². The number of aliphatic imine (C=N–C) groups is 1. The summed E-state index contributed by atoms with van der Waals surface area (Å²) in [7, 11) is 0. The van der Waals surface area contributed by atoms with E-state index in [9.17, 15) is 22.4 Å². The van der Waals surface area contributed by atoms with Gasteiger partial charge in [0.25, 0.3) is 5.91 Å². The highest BCUT2D eigenvalue weighted by Gasteiger charge is 2.39. The molecular weight excluding hydrogens is 432 g/mol. The molecule has 30 heavy (non-hydrogen) atoms. The zero-order valence-corrected chi connectivity index (χ0v) is 15.9. The standard InChI is InChI=1S/C18H15ClF4N4O3/c19-9-4-25-16(26-5-9)12-6-27(7-13(12)24)17(29)11-2-1-10(20)3-14(11)30-8-15(28)18(21,22)23/h1-5,15,24-25,28H,6-8H2/b16-12+,24-13?. The number of benzene rings is 1. The van der Waals surface area contributed by atoms with Gasteiger partial charge in [0.05, 0.1) is 29.4 Å². The van der Waals surface area contributed by atoms with Crippen LogP contribution in [0.3, 0.4) is 0 Å². The number of hydrogen-bond acceptors (Lipinski definition) is 6. The summed E-state index contributed by atoms with van der Waals surface area (Å²) in [5.74, 6) is -1.62. The fourth-order valence-corrected chi connectivity index (χ4v) is 2.82. The van der Waals surface area contributed by atoms with Crippen molar-refractivity contribution in [2.45, 2.75) is 12.3 Å². The third kappa shape index (κ3) is 4.79. The van der Waals surface area contributed by atoms with Crippen LogP contribution >= 0.6 is 11.6 Å². The highest BCUT2D eigenvalue weighted by molar-refractivity contribution is 6.39. The first kappa shape index (κ1) is 21.8. The minimum absolute atomic E-state index is 0.00914. The van der Waals surface area contributed by atoms with Crippen molar-refractivity contribution in [1.82, 2.24) is 10.2 Å². The number of ether oxygens (including phenoxy) is 1. The second kappa shape index (κ2) is 8.44. The Kier molecular flexibility index (Phi) is 6.13. The largest absolute Gasteiger partial charge is 0.490 e. The minimum Gasteiger partial charge on any atom is -0.490 e. The van der Waals surface area contributed by atoms with Crippen LogP contribution < -0.4 is 10.1 Å². The first-order chi connectivity index (χ1) is 14.1. The minimum atomic E-state index is -4.92. The number of aliphatic hydroxyl groups excluding tert-OH is 1. The van der Waals surface area contributed by atoms with Crippen molar-refractivity contribution in [3.05, 3.63) is 52.2 Å². The molecule has 2 aliphatic heterocycles. The maximum Gasteiger partial charge on any atom is 0.417 e. The van der Waals surface area contributed by atoms with Gasteiger partial charge in [-0.05, 0) is 12.1 Å². The summed E-state index contributed by atoms with van der Waals surface area (Å²) in [5, 5.41) is 20.3. The zero-order valence-electron chi connectivity index (χ0n) is 15.1. The summed E-state index contributed by atoms with van der Waals surface area (Å²) in [4.78, 5) is 18.2. The number of hydrogen-bond donors (Lipinski definition) is 3. The van der Waals surface area contributed by atoms with Crippen LogP contribution in [0.4, 0.5) is 17.6 Å². The van der Waals surface area contributed by atoms with Crippen LogP contribution in [0.1, 0.15) is 10.4 Å². The monoisotopic (exact) mass is 446 g/mol. The number of aliphatic hydroxyl groups is 1. The van der Waals surface area contributed by atoms with Crippen molar-refractivity contribution in [2.24, 2.45) is 4.99 Å². The van der Waals surface area contributed by atoms with E-state index in [2.05, 4.69) is 10.3 Å². The van der Waals surface area contributed by atoms with Crippen LogP contribution in [0.5, 0.6) is 5.75 Å². The van der Waals surface area contributed by atoms with Gasteiger partial charge in [0.15, 0.2) is 6.10 Å². The van der Waals surface area contributed by atoms with Crippen molar-refractivity contribution in [3.63, 3.8) is 0 Å². The number of rotatable bonds is 4.